The van der Waals surface area contributed by atoms with Gasteiger partial charge >= 0.3 is 0 Å². The van der Waals surface area contributed by atoms with Crippen LogP contribution in [0.2, 0.25) is 0 Å². The Balaban J connectivity index is 1.54. The number of carbonyl (C=O) groups is 2. The maximum Gasteiger partial charge on any atom is 0.251 e. The van der Waals surface area contributed by atoms with Gasteiger partial charge in [0.2, 0.25) is 15.9 Å². The third kappa shape index (κ3) is 8.01. The molecule has 0 unspecified atom stereocenters. The Morgan fingerprint density at radius 1 is 1.08 bits per heavy atom. The molecule has 1 saturated heterocycles. The molecule has 0 bridgehead atoms. The maximum atomic E-state index is 13.4. The van der Waals surface area contributed by atoms with Gasteiger partial charge in [-0.3, -0.25) is 9.59 Å². The number of nitrogens with zero attached hydrogens (tertiary/aromatic N) is 2. The molecule has 204 valence electrons. The van der Waals surface area contributed by atoms with E-state index in [2.05, 4.69) is 44.3 Å². The average molecular weight is 530 g/mol. The molecule has 7 nitrogen and oxygen atoms in total. The molecule has 3 rings (SSSR count). The van der Waals surface area contributed by atoms with E-state index in [0.29, 0.717) is 36.4 Å². The number of allylic oxidation sites excluding steroid dienone is 4. The highest BCUT2D eigenvalue weighted by atomic mass is 32.2. The SMILES string of the molecule is C/C=C\C(=C/C)[C@H]1C[C@]1(C)CCCCC[C@H](NC(=O)c1ccccc1)C(=O)N1CCN(S(C)(=O)=O)CC1. The van der Waals surface area contributed by atoms with Crippen LogP contribution < -0.4 is 5.32 Å². The second-order valence-electron chi connectivity index (χ2n) is 10.7. The Morgan fingerprint density at radius 2 is 1.76 bits per heavy atom. The first kappa shape index (κ1) is 29.1. The molecule has 1 N–H and O–H groups in total. The van der Waals surface area contributed by atoms with Gasteiger partial charge in [0.25, 0.3) is 5.91 Å². The molecule has 1 aliphatic carbocycles. The van der Waals surface area contributed by atoms with E-state index in [4.69, 9.17) is 0 Å². The van der Waals surface area contributed by atoms with Gasteiger partial charge in [-0.2, -0.15) is 4.31 Å². The summed E-state index contributed by atoms with van der Waals surface area (Å²) in [5, 5.41) is 2.96. The van der Waals surface area contributed by atoms with Crippen LogP contribution in [0, 0.1) is 11.3 Å². The van der Waals surface area contributed by atoms with E-state index < -0.39 is 16.1 Å². The van der Waals surface area contributed by atoms with Gasteiger partial charge in [0.1, 0.15) is 6.04 Å². The Bertz CT molecular complexity index is 1090. The summed E-state index contributed by atoms with van der Waals surface area (Å²) in [5.74, 6) is 0.249. The summed E-state index contributed by atoms with van der Waals surface area (Å²) >= 11 is 0. The number of amides is 2. The molecular formula is C29H43N3O4S. The third-order valence-corrected chi connectivity index (χ3v) is 9.15. The fourth-order valence-corrected chi connectivity index (χ4v) is 6.24. The molecule has 0 radical (unpaired) electrons. The van der Waals surface area contributed by atoms with Crippen molar-refractivity contribution in [3.63, 3.8) is 0 Å². The van der Waals surface area contributed by atoms with Crippen molar-refractivity contribution < 1.29 is 18.0 Å². The lowest BCUT2D eigenvalue weighted by Crippen LogP contribution is -2.55. The second kappa shape index (κ2) is 12.9. The predicted octanol–water partition coefficient (Wildman–Crippen LogP) is 4.39. The molecule has 2 amide bonds. The second-order valence-corrected chi connectivity index (χ2v) is 12.7. The molecule has 3 atom stereocenters. The van der Waals surface area contributed by atoms with Gasteiger partial charge in [0.15, 0.2) is 0 Å². The lowest BCUT2D eigenvalue weighted by molar-refractivity contribution is -0.134. The van der Waals surface area contributed by atoms with E-state index in [1.807, 2.05) is 6.07 Å². The number of sulfonamides is 1. The molecule has 1 aliphatic heterocycles. The van der Waals surface area contributed by atoms with Gasteiger partial charge in [0, 0.05) is 31.7 Å². The first-order valence-electron chi connectivity index (χ1n) is 13.5. The molecule has 37 heavy (non-hydrogen) atoms. The Morgan fingerprint density at radius 3 is 2.35 bits per heavy atom. The molecule has 1 aromatic carbocycles. The van der Waals surface area contributed by atoms with E-state index in [-0.39, 0.29) is 24.9 Å². The third-order valence-electron chi connectivity index (χ3n) is 7.85. The Labute approximate surface area is 223 Å². The van der Waals surface area contributed by atoms with Crippen LogP contribution in [0.3, 0.4) is 0 Å². The lowest BCUT2D eigenvalue weighted by atomic mass is 9.93. The maximum absolute atomic E-state index is 13.4. The quantitative estimate of drug-likeness (QED) is 0.321. The highest BCUT2D eigenvalue weighted by Crippen LogP contribution is 2.59. The molecule has 2 aliphatic rings. The van der Waals surface area contributed by atoms with Crippen molar-refractivity contribution in [3.8, 4) is 0 Å². The van der Waals surface area contributed by atoms with Crippen LogP contribution in [0.25, 0.3) is 0 Å². The van der Waals surface area contributed by atoms with E-state index in [0.717, 1.165) is 25.7 Å². The van der Waals surface area contributed by atoms with Crippen molar-refractivity contribution in [2.45, 2.75) is 65.3 Å². The molecule has 8 heteroatoms. The molecular weight excluding hydrogens is 486 g/mol. The summed E-state index contributed by atoms with van der Waals surface area (Å²) < 4.78 is 25.1. The zero-order valence-electron chi connectivity index (χ0n) is 22.8. The van der Waals surface area contributed by atoms with Crippen molar-refractivity contribution in [2.24, 2.45) is 11.3 Å². The molecule has 1 aromatic rings. The monoisotopic (exact) mass is 529 g/mol. The van der Waals surface area contributed by atoms with Crippen molar-refractivity contribution >= 4 is 21.8 Å². The zero-order chi connectivity index (χ0) is 27.1. The number of nitrogens with one attached hydrogen (secondary N) is 1. The molecule has 0 aromatic heterocycles. The normalized spacial score (nSPS) is 23.7. The summed E-state index contributed by atoms with van der Waals surface area (Å²) in [6, 6.07) is 8.31. The highest BCUT2D eigenvalue weighted by molar-refractivity contribution is 7.88. The van der Waals surface area contributed by atoms with Crippen molar-refractivity contribution in [2.75, 3.05) is 32.4 Å². The van der Waals surface area contributed by atoms with Crippen LogP contribution in [-0.2, 0) is 14.8 Å². The van der Waals surface area contributed by atoms with Gasteiger partial charge in [0.05, 0.1) is 6.26 Å². The van der Waals surface area contributed by atoms with Gasteiger partial charge < -0.3 is 10.2 Å². The fraction of sp³-hybridized carbons (Fsp3) is 0.586. The number of carbonyl (C=O) groups excluding carboxylic acids is 2. The Hall–Kier alpha value is -2.45. The van der Waals surface area contributed by atoms with Gasteiger partial charge in [-0.05, 0) is 62.1 Å². The largest absolute Gasteiger partial charge is 0.340 e. The smallest absolute Gasteiger partial charge is 0.251 e. The van der Waals surface area contributed by atoms with Crippen LogP contribution in [-0.4, -0.2) is 67.9 Å². The van der Waals surface area contributed by atoms with Crippen LogP contribution in [0.1, 0.15) is 69.7 Å². The Kier molecular flexibility index (Phi) is 10.1. The van der Waals surface area contributed by atoms with E-state index >= 15 is 0 Å². The summed E-state index contributed by atoms with van der Waals surface area (Å²) in [6.45, 7) is 7.77. The number of unbranched alkanes of at least 4 members (excludes halogenated alkanes) is 2. The van der Waals surface area contributed by atoms with Crippen molar-refractivity contribution in [1.29, 1.82) is 0 Å². The van der Waals surface area contributed by atoms with Crippen molar-refractivity contribution in [3.05, 3.63) is 59.7 Å². The van der Waals surface area contributed by atoms with Crippen LogP contribution in [0.5, 0.6) is 0 Å². The van der Waals surface area contributed by atoms with Gasteiger partial charge in [-0.1, -0.05) is 62.6 Å². The summed E-state index contributed by atoms with van der Waals surface area (Å²) in [5.41, 5.74) is 2.31. The standard InChI is InChI=1S/C29H43N3O4S/c1-5-13-23(6-2)25-22-29(25,3)17-12-8-11-16-26(30-27(33)24-14-9-7-10-15-24)28(34)31-18-20-32(21-19-31)37(4,35)36/h5-7,9-10,13-15,25-26H,8,11-12,16-22H2,1-4H3,(H,30,33)/b13-5-,23-6+/t25-,26+,29+/m1/s1. The summed E-state index contributed by atoms with van der Waals surface area (Å²) in [6.07, 6.45) is 13.6. The van der Waals surface area contributed by atoms with E-state index in [1.54, 1.807) is 29.2 Å². The average Bonchev–Trinajstić information content (AvgIpc) is 3.56. The minimum Gasteiger partial charge on any atom is -0.340 e. The van der Waals surface area contributed by atoms with Gasteiger partial charge in [-0.15, -0.1) is 0 Å². The highest BCUT2D eigenvalue weighted by Gasteiger charge is 2.49. The zero-order valence-corrected chi connectivity index (χ0v) is 23.6. The molecule has 2 fully saturated rings. The predicted molar refractivity (Wildman–Crippen MR) is 149 cm³/mol. The molecule has 0 spiro atoms. The first-order chi connectivity index (χ1) is 17.6. The fourth-order valence-electron chi connectivity index (χ4n) is 5.41. The number of hydrogen-bond donors (Lipinski definition) is 1. The van der Waals surface area contributed by atoms with Crippen molar-refractivity contribution in [1.82, 2.24) is 14.5 Å². The van der Waals surface area contributed by atoms with Crippen LogP contribution >= 0.6 is 0 Å². The van der Waals surface area contributed by atoms with Gasteiger partial charge in [-0.25, -0.2) is 8.42 Å². The van der Waals surface area contributed by atoms with E-state index in [9.17, 15) is 18.0 Å². The number of rotatable bonds is 12. The first-order valence-corrected chi connectivity index (χ1v) is 15.3. The number of benzene rings is 1. The lowest BCUT2D eigenvalue weighted by Gasteiger charge is -2.35. The summed E-state index contributed by atoms with van der Waals surface area (Å²) in [7, 11) is -3.27. The van der Waals surface area contributed by atoms with Crippen LogP contribution in [0.15, 0.2) is 54.1 Å². The minimum atomic E-state index is -3.27. The topological polar surface area (TPSA) is 86.8 Å². The van der Waals surface area contributed by atoms with E-state index in [1.165, 1.54) is 22.6 Å². The molecule has 1 heterocycles. The minimum absolute atomic E-state index is 0.129. The summed E-state index contributed by atoms with van der Waals surface area (Å²) in [4.78, 5) is 27.9. The number of hydrogen-bond acceptors (Lipinski definition) is 4. The van der Waals surface area contributed by atoms with Crippen LogP contribution in [0.4, 0.5) is 0 Å². The molecule has 1 saturated carbocycles. The number of piperazine rings is 1.